The highest BCUT2D eigenvalue weighted by atomic mass is 32.2. The van der Waals surface area contributed by atoms with E-state index in [9.17, 15) is 4.79 Å². The maximum Gasteiger partial charge on any atom is 0.234 e. The smallest absolute Gasteiger partial charge is 0.234 e. The van der Waals surface area contributed by atoms with Crippen LogP contribution in [0.1, 0.15) is 51.1 Å². The molecule has 0 aliphatic carbocycles. The summed E-state index contributed by atoms with van der Waals surface area (Å²) in [7, 11) is 0. The standard InChI is InChI=1S/C26H32N4O3S/c1-6-16-30-25(19(5)33-23-12-8-20(9-13-23)18(3)4)28-29-26(30)34-17-24(31)27-21-10-14-22(15-11-21)32-7-2/h6,8-15,18-19H,1,7,16-17H2,2-5H3,(H,27,31). The first kappa shape index (κ1) is 25.4. The number of rotatable bonds is 12. The van der Waals surface area contributed by atoms with Gasteiger partial charge >= 0.3 is 0 Å². The average Bonchev–Trinajstić information content (AvgIpc) is 3.22. The number of carbonyl (C=O) groups excluding carboxylic acids is 1. The van der Waals surface area contributed by atoms with E-state index < -0.39 is 0 Å². The van der Waals surface area contributed by atoms with Crippen molar-refractivity contribution in [3.63, 3.8) is 0 Å². The lowest BCUT2D eigenvalue weighted by molar-refractivity contribution is -0.113. The van der Waals surface area contributed by atoms with Gasteiger partial charge in [0.2, 0.25) is 5.91 Å². The van der Waals surface area contributed by atoms with Gasteiger partial charge in [0, 0.05) is 12.2 Å². The van der Waals surface area contributed by atoms with Crippen LogP contribution in [-0.2, 0) is 11.3 Å². The van der Waals surface area contributed by atoms with E-state index in [2.05, 4.69) is 48.1 Å². The Labute approximate surface area is 205 Å². The fourth-order valence-corrected chi connectivity index (χ4v) is 4.08. The Bertz CT molecular complexity index is 1080. The highest BCUT2D eigenvalue weighted by Gasteiger charge is 2.20. The molecule has 0 fully saturated rings. The van der Waals surface area contributed by atoms with Gasteiger partial charge in [-0.1, -0.05) is 43.8 Å². The molecule has 34 heavy (non-hydrogen) atoms. The van der Waals surface area contributed by atoms with Gasteiger partial charge in [-0.05, 0) is 61.7 Å². The van der Waals surface area contributed by atoms with Crippen LogP contribution >= 0.6 is 11.8 Å². The summed E-state index contributed by atoms with van der Waals surface area (Å²) in [5.41, 5.74) is 1.98. The Morgan fingerprint density at radius 3 is 2.38 bits per heavy atom. The summed E-state index contributed by atoms with van der Waals surface area (Å²) in [5.74, 6) is 2.77. The normalized spacial score (nSPS) is 11.8. The number of allylic oxidation sites excluding steroid dienone is 1. The Balaban J connectivity index is 1.62. The molecule has 0 aliphatic rings. The molecule has 0 saturated heterocycles. The van der Waals surface area contributed by atoms with Crippen molar-refractivity contribution < 1.29 is 14.3 Å². The van der Waals surface area contributed by atoms with Crippen LogP contribution in [0.3, 0.4) is 0 Å². The maximum atomic E-state index is 12.5. The van der Waals surface area contributed by atoms with Crippen LogP contribution < -0.4 is 14.8 Å². The van der Waals surface area contributed by atoms with E-state index in [1.165, 1.54) is 17.3 Å². The van der Waals surface area contributed by atoms with Gasteiger partial charge in [0.1, 0.15) is 11.5 Å². The Hall–Kier alpha value is -3.26. The largest absolute Gasteiger partial charge is 0.494 e. The van der Waals surface area contributed by atoms with Crippen LogP contribution in [0.4, 0.5) is 5.69 Å². The van der Waals surface area contributed by atoms with E-state index in [0.717, 1.165) is 11.5 Å². The predicted molar refractivity (Wildman–Crippen MR) is 137 cm³/mol. The molecule has 3 rings (SSSR count). The zero-order valence-electron chi connectivity index (χ0n) is 20.2. The highest BCUT2D eigenvalue weighted by molar-refractivity contribution is 7.99. The minimum atomic E-state index is -0.315. The van der Waals surface area contributed by atoms with E-state index >= 15 is 0 Å². The van der Waals surface area contributed by atoms with Gasteiger partial charge < -0.3 is 14.8 Å². The second-order valence-electron chi connectivity index (χ2n) is 8.02. The van der Waals surface area contributed by atoms with Crippen molar-refractivity contribution in [1.29, 1.82) is 0 Å². The number of benzene rings is 2. The lowest BCUT2D eigenvalue weighted by Gasteiger charge is -2.16. The molecule has 1 unspecified atom stereocenters. The van der Waals surface area contributed by atoms with Gasteiger partial charge in [-0.3, -0.25) is 9.36 Å². The van der Waals surface area contributed by atoms with E-state index in [-0.39, 0.29) is 17.8 Å². The minimum Gasteiger partial charge on any atom is -0.494 e. The first-order valence-corrected chi connectivity index (χ1v) is 12.4. The summed E-state index contributed by atoms with van der Waals surface area (Å²) < 4.78 is 13.5. The molecule has 0 spiro atoms. The molecule has 1 atom stereocenters. The summed E-state index contributed by atoms with van der Waals surface area (Å²) >= 11 is 1.32. The molecule has 8 heteroatoms. The number of hydrogen-bond donors (Lipinski definition) is 1. The van der Waals surface area contributed by atoms with Crippen molar-refractivity contribution in [2.24, 2.45) is 0 Å². The second kappa shape index (κ2) is 12.3. The third kappa shape index (κ3) is 6.87. The van der Waals surface area contributed by atoms with Crippen molar-refractivity contribution in [2.45, 2.75) is 51.4 Å². The quantitative estimate of drug-likeness (QED) is 0.258. The van der Waals surface area contributed by atoms with Gasteiger partial charge in [-0.25, -0.2) is 0 Å². The second-order valence-corrected chi connectivity index (χ2v) is 8.96. The number of thioether (sulfide) groups is 1. The van der Waals surface area contributed by atoms with Crippen LogP contribution in [0.15, 0.2) is 66.3 Å². The molecule has 180 valence electrons. The minimum absolute atomic E-state index is 0.126. The zero-order chi connectivity index (χ0) is 24.5. The lowest BCUT2D eigenvalue weighted by atomic mass is 10.0. The number of nitrogens with one attached hydrogen (secondary N) is 1. The number of hydrogen-bond acceptors (Lipinski definition) is 6. The molecule has 0 radical (unpaired) electrons. The summed E-state index contributed by atoms with van der Waals surface area (Å²) in [6.45, 7) is 13.2. The Kier molecular flexibility index (Phi) is 9.16. The fourth-order valence-electron chi connectivity index (χ4n) is 3.32. The van der Waals surface area contributed by atoms with Crippen molar-refractivity contribution in [2.75, 3.05) is 17.7 Å². The first-order chi connectivity index (χ1) is 16.4. The molecule has 0 saturated carbocycles. The Morgan fingerprint density at radius 2 is 1.76 bits per heavy atom. The van der Waals surface area contributed by atoms with Gasteiger partial charge in [-0.15, -0.1) is 16.8 Å². The number of carbonyl (C=O) groups is 1. The first-order valence-electron chi connectivity index (χ1n) is 11.4. The Morgan fingerprint density at radius 1 is 1.09 bits per heavy atom. The van der Waals surface area contributed by atoms with Crippen LogP contribution in [0, 0.1) is 0 Å². The van der Waals surface area contributed by atoms with Crippen LogP contribution in [0.5, 0.6) is 11.5 Å². The number of nitrogens with zero attached hydrogens (tertiary/aromatic N) is 3. The monoisotopic (exact) mass is 480 g/mol. The third-order valence-corrected chi connectivity index (χ3v) is 6.03. The van der Waals surface area contributed by atoms with E-state index in [0.29, 0.717) is 35.7 Å². The molecule has 7 nitrogen and oxygen atoms in total. The summed E-state index contributed by atoms with van der Waals surface area (Å²) in [6, 6.07) is 15.4. The molecule has 1 heterocycles. The van der Waals surface area contributed by atoms with Crippen LogP contribution in [0.25, 0.3) is 0 Å². The summed E-state index contributed by atoms with van der Waals surface area (Å²) in [6.07, 6.45) is 1.46. The number of amides is 1. The van der Waals surface area contributed by atoms with Crippen molar-refractivity contribution in [3.8, 4) is 11.5 Å². The van der Waals surface area contributed by atoms with Gasteiger partial charge in [-0.2, -0.15) is 0 Å². The molecule has 0 bridgehead atoms. The molecule has 3 aromatic rings. The molecule has 1 N–H and O–H groups in total. The van der Waals surface area contributed by atoms with Crippen molar-refractivity contribution in [1.82, 2.24) is 14.8 Å². The third-order valence-electron chi connectivity index (χ3n) is 5.06. The van der Waals surface area contributed by atoms with Gasteiger partial charge in [0.25, 0.3) is 0 Å². The SMILES string of the molecule is C=CCn1c(SCC(=O)Nc2ccc(OCC)cc2)nnc1C(C)Oc1ccc(C(C)C)cc1. The molecular formula is C26H32N4O3S. The van der Waals surface area contributed by atoms with Gasteiger partial charge in [0.15, 0.2) is 17.1 Å². The van der Waals surface area contributed by atoms with E-state index in [1.54, 1.807) is 6.08 Å². The molecule has 0 aliphatic heterocycles. The van der Waals surface area contributed by atoms with Crippen LogP contribution in [0.2, 0.25) is 0 Å². The van der Waals surface area contributed by atoms with Gasteiger partial charge in [0.05, 0.1) is 12.4 Å². The highest BCUT2D eigenvalue weighted by Crippen LogP contribution is 2.26. The number of anilines is 1. The van der Waals surface area contributed by atoms with Crippen LogP contribution in [-0.4, -0.2) is 33.0 Å². The lowest BCUT2D eigenvalue weighted by Crippen LogP contribution is -2.15. The average molecular weight is 481 g/mol. The van der Waals surface area contributed by atoms with Crippen molar-refractivity contribution in [3.05, 3.63) is 72.6 Å². The fraction of sp³-hybridized carbons (Fsp3) is 0.346. The molecule has 1 aromatic heterocycles. The maximum absolute atomic E-state index is 12.5. The summed E-state index contributed by atoms with van der Waals surface area (Å²) in [4.78, 5) is 12.5. The van der Waals surface area contributed by atoms with E-state index in [4.69, 9.17) is 9.47 Å². The predicted octanol–water partition coefficient (Wildman–Crippen LogP) is 5.86. The molecule has 1 amide bonds. The topological polar surface area (TPSA) is 78.3 Å². The summed E-state index contributed by atoms with van der Waals surface area (Å²) in [5, 5.41) is 12.2. The van der Waals surface area contributed by atoms with E-state index in [1.807, 2.05) is 54.8 Å². The number of ether oxygens (including phenoxy) is 2. The molecular weight excluding hydrogens is 448 g/mol. The number of aromatic nitrogens is 3. The zero-order valence-corrected chi connectivity index (χ0v) is 21.0. The molecule has 2 aromatic carbocycles. The van der Waals surface area contributed by atoms with Crippen molar-refractivity contribution >= 4 is 23.4 Å².